The van der Waals surface area contributed by atoms with Crippen molar-refractivity contribution in [3.8, 4) is 0 Å². The summed E-state index contributed by atoms with van der Waals surface area (Å²) >= 11 is 0. The van der Waals surface area contributed by atoms with Gasteiger partial charge < -0.3 is 5.32 Å². The lowest BCUT2D eigenvalue weighted by Gasteiger charge is -1.87. The molecule has 48 valence electrons. The van der Waals surface area contributed by atoms with Crippen LogP contribution < -0.4 is 5.32 Å². The Kier molecular flexibility index (Phi) is 1.67. The van der Waals surface area contributed by atoms with Gasteiger partial charge in [0.15, 0.2) is 0 Å². The minimum absolute atomic E-state index is 0. The molecule has 1 aliphatic heterocycles. The van der Waals surface area contributed by atoms with E-state index in [0.717, 1.165) is 6.54 Å². The Balaban J connectivity index is 0.000000405. The highest BCUT2D eigenvalue weighted by molar-refractivity contribution is 7.59. The Bertz CT molecular complexity index is 191. The Labute approximate surface area is 61.5 Å². The molecule has 0 saturated heterocycles. The highest BCUT2D eigenvalue weighted by atomic mass is 32.1. The summed E-state index contributed by atoms with van der Waals surface area (Å²) in [4.78, 5) is 0. The van der Waals surface area contributed by atoms with Crippen LogP contribution in [0.3, 0.4) is 0 Å². The number of nitrogens with one attached hydrogen (secondary N) is 1. The van der Waals surface area contributed by atoms with Gasteiger partial charge >= 0.3 is 0 Å². The zero-order valence-corrected chi connectivity index (χ0v) is 6.02. The van der Waals surface area contributed by atoms with Gasteiger partial charge in [-0.2, -0.15) is 13.5 Å². The molecule has 0 spiro atoms. The van der Waals surface area contributed by atoms with E-state index in [9.17, 15) is 0 Å². The van der Waals surface area contributed by atoms with E-state index in [-0.39, 0.29) is 13.5 Å². The van der Waals surface area contributed by atoms with Gasteiger partial charge in [0.25, 0.3) is 0 Å². The molecular weight excluding hydrogens is 130 g/mol. The van der Waals surface area contributed by atoms with E-state index in [1.807, 2.05) is 0 Å². The molecule has 0 amide bonds. The van der Waals surface area contributed by atoms with Crippen LogP contribution in [0.25, 0.3) is 0 Å². The molecule has 0 saturated carbocycles. The van der Waals surface area contributed by atoms with Crippen LogP contribution in [0.15, 0.2) is 24.3 Å². The summed E-state index contributed by atoms with van der Waals surface area (Å²) in [6.45, 7) is 1.02. The summed E-state index contributed by atoms with van der Waals surface area (Å²) in [7, 11) is 0. The van der Waals surface area contributed by atoms with Crippen LogP contribution in [-0.4, -0.2) is 0 Å². The lowest BCUT2D eigenvalue weighted by Crippen LogP contribution is -1.85. The third kappa shape index (κ3) is 1.03. The third-order valence-electron chi connectivity index (χ3n) is 1.42. The second kappa shape index (κ2) is 2.31. The van der Waals surface area contributed by atoms with Crippen LogP contribution in [0.5, 0.6) is 0 Å². The van der Waals surface area contributed by atoms with Crippen molar-refractivity contribution in [3.05, 3.63) is 29.8 Å². The predicted molar refractivity (Wildman–Crippen MR) is 44.1 cm³/mol. The second-order valence-corrected chi connectivity index (χ2v) is 2.05. The first-order chi connectivity index (χ1) is 3.95. The van der Waals surface area contributed by atoms with Crippen LogP contribution in [0, 0.1) is 0 Å². The summed E-state index contributed by atoms with van der Waals surface area (Å²) in [6, 6.07) is 8.45. The molecule has 1 heterocycles. The zero-order valence-electron chi connectivity index (χ0n) is 5.02. The standard InChI is InChI=1S/C7H7N.H2S/c1-2-6-4-7(3-1)8-5-6;/h1-4,8H,5H2;1H2. The minimum Gasteiger partial charge on any atom is -0.381 e. The molecule has 9 heavy (non-hydrogen) atoms. The molecule has 0 radical (unpaired) electrons. The summed E-state index contributed by atoms with van der Waals surface area (Å²) in [6.07, 6.45) is 0. The van der Waals surface area contributed by atoms with Gasteiger partial charge in [0.05, 0.1) is 0 Å². The number of hydrogen-bond acceptors (Lipinski definition) is 1. The first-order valence-electron chi connectivity index (χ1n) is 2.78. The Morgan fingerprint density at radius 1 is 1.33 bits per heavy atom. The van der Waals surface area contributed by atoms with E-state index < -0.39 is 0 Å². The summed E-state index contributed by atoms with van der Waals surface area (Å²) in [5.41, 5.74) is 2.64. The van der Waals surface area contributed by atoms with Crippen molar-refractivity contribution in [2.45, 2.75) is 6.54 Å². The molecule has 1 nitrogen and oxygen atoms in total. The van der Waals surface area contributed by atoms with E-state index in [4.69, 9.17) is 0 Å². The lowest BCUT2D eigenvalue weighted by molar-refractivity contribution is 1.23. The third-order valence-corrected chi connectivity index (χ3v) is 1.42. The molecule has 0 aliphatic carbocycles. The van der Waals surface area contributed by atoms with E-state index in [1.54, 1.807) is 0 Å². The molecule has 1 aromatic rings. The van der Waals surface area contributed by atoms with Gasteiger partial charge in [-0.1, -0.05) is 12.1 Å². The summed E-state index contributed by atoms with van der Waals surface area (Å²) in [5, 5.41) is 3.22. The molecule has 2 heteroatoms. The van der Waals surface area contributed by atoms with Crippen LogP contribution in [0.1, 0.15) is 5.56 Å². The minimum atomic E-state index is 0. The van der Waals surface area contributed by atoms with Crippen LogP contribution >= 0.6 is 13.5 Å². The zero-order chi connectivity index (χ0) is 5.40. The predicted octanol–water partition coefficient (Wildman–Crippen LogP) is 1.72. The highest BCUT2D eigenvalue weighted by Gasteiger charge is 2.00. The molecule has 2 rings (SSSR count). The molecule has 1 aliphatic rings. The summed E-state index contributed by atoms with van der Waals surface area (Å²) in [5.74, 6) is 0. The smallest absolute Gasteiger partial charge is 0.0401 e. The Morgan fingerprint density at radius 3 is 2.89 bits per heavy atom. The number of hydrogen-bond donors (Lipinski definition) is 1. The van der Waals surface area contributed by atoms with E-state index >= 15 is 0 Å². The topological polar surface area (TPSA) is 12.0 Å². The summed E-state index contributed by atoms with van der Waals surface area (Å²) < 4.78 is 0. The average molecular weight is 139 g/mol. The van der Waals surface area contributed by atoms with Crippen molar-refractivity contribution in [2.24, 2.45) is 0 Å². The van der Waals surface area contributed by atoms with Crippen LogP contribution in [0.2, 0.25) is 0 Å². The molecule has 0 aromatic heterocycles. The fourth-order valence-corrected chi connectivity index (χ4v) is 0.995. The maximum absolute atomic E-state index is 3.22. The normalized spacial score (nSPS) is 12.0. The number of anilines is 1. The first-order valence-corrected chi connectivity index (χ1v) is 2.78. The van der Waals surface area contributed by atoms with Crippen LogP contribution in [0.4, 0.5) is 5.69 Å². The van der Waals surface area contributed by atoms with Crippen molar-refractivity contribution in [3.63, 3.8) is 0 Å². The van der Waals surface area contributed by atoms with Crippen LogP contribution in [-0.2, 0) is 6.54 Å². The number of rotatable bonds is 0. The van der Waals surface area contributed by atoms with Crippen molar-refractivity contribution in [1.29, 1.82) is 0 Å². The van der Waals surface area contributed by atoms with Gasteiger partial charge in [0, 0.05) is 12.2 Å². The Morgan fingerprint density at radius 2 is 2.22 bits per heavy atom. The van der Waals surface area contributed by atoms with Crippen molar-refractivity contribution >= 4 is 19.2 Å². The van der Waals surface area contributed by atoms with Gasteiger partial charge in [0.2, 0.25) is 0 Å². The van der Waals surface area contributed by atoms with Gasteiger partial charge in [-0.25, -0.2) is 0 Å². The monoisotopic (exact) mass is 139 g/mol. The number of fused-ring (bicyclic) bond motifs is 2. The van der Waals surface area contributed by atoms with Gasteiger partial charge in [-0.15, -0.1) is 0 Å². The van der Waals surface area contributed by atoms with Gasteiger partial charge in [-0.3, -0.25) is 0 Å². The van der Waals surface area contributed by atoms with Crippen molar-refractivity contribution in [2.75, 3.05) is 5.32 Å². The Hall–Kier alpha value is -0.630. The van der Waals surface area contributed by atoms with E-state index in [2.05, 4.69) is 29.6 Å². The molecular formula is C7H9NS. The fraction of sp³-hybridized carbons (Fsp3) is 0.143. The average Bonchev–Trinajstić information content (AvgIpc) is 2.12. The molecule has 0 unspecified atom stereocenters. The lowest BCUT2D eigenvalue weighted by atomic mass is 10.2. The molecule has 0 fully saturated rings. The molecule has 1 aromatic carbocycles. The van der Waals surface area contributed by atoms with E-state index in [0.29, 0.717) is 0 Å². The van der Waals surface area contributed by atoms with E-state index in [1.165, 1.54) is 11.3 Å². The van der Waals surface area contributed by atoms with Crippen molar-refractivity contribution in [1.82, 2.24) is 0 Å². The highest BCUT2D eigenvalue weighted by Crippen LogP contribution is 2.17. The SMILES string of the molecule is S.c1cc2cc(c1)NC2. The van der Waals surface area contributed by atoms with Gasteiger partial charge in [0.1, 0.15) is 0 Å². The molecule has 2 bridgehead atoms. The quantitative estimate of drug-likeness (QED) is 0.577. The molecule has 1 N–H and O–H groups in total. The van der Waals surface area contributed by atoms with Gasteiger partial charge in [-0.05, 0) is 17.7 Å². The first kappa shape index (κ1) is 6.49. The maximum Gasteiger partial charge on any atom is 0.0401 e. The van der Waals surface area contributed by atoms with Crippen molar-refractivity contribution < 1.29 is 0 Å². The number of benzene rings is 1. The molecule has 0 atom stereocenters. The maximum atomic E-state index is 3.22. The largest absolute Gasteiger partial charge is 0.381 e. The second-order valence-electron chi connectivity index (χ2n) is 2.05. The fourth-order valence-electron chi connectivity index (χ4n) is 0.995.